The fraction of sp³-hybridized carbons (Fsp3) is 0.0714. The number of halogens is 2. The summed E-state index contributed by atoms with van der Waals surface area (Å²) >= 11 is 9.35. The number of carbonyl (C=O) groups is 1. The quantitative estimate of drug-likeness (QED) is 0.890. The molecule has 0 atom stereocenters. The molecule has 19 heavy (non-hydrogen) atoms. The molecule has 0 radical (unpaired) electrons. The first kappa shape index (κ1) is 13.9. The van der Waals surface area contributed by atoms with Gasteiger partial charge in [0.2, 0.25) is 5.91 Å². The van der Waals surface area contributed by atoms with Gasteiger partial charge in [0, 0.05) is 27.3 Å². The lowest BCUT2D eigenvalue weighted by molar-refractivity contribution is 0.100. The van der Waals surface area contributed by atoms with Crippen LogP contribution in [0.15, 0.2) is 46.9 Å². The third-order valence-corrected chi connectivity index (χ3v) is 3.64. The number of carbonyl (C=O) groups excluding carboxylic acids is 1. The first-order valence-electron chi connectivity index (χ1n) is 5.64. The molecule has 0 saturated heterocycles. The van der Waals surface area contributed by atoms with Gasteiger partial charge in [-0.1, -0.05) is 33.6 Å². The summed E-state index contributed by atoms with van der Waals surface area (Å²) in [4.78, 5) is 11.0. The highest BCUT2D eigenvalue weighted by Gasteiger charge is 2.02. The van der Waals surface area contributed by atoms with Crippen molar-refractivity contribution >= 4 is 39.1 Å². The van der Waals surface area contributed by atoms with Crippen LogP contribution in [0.5, 0.6) is 0 Å². The van der Waals surface area contributed by atoms with Crippen molar-refractivity contribution < 1.29 is 4.79 Å². The molecule has 2 aromatic carbocycles. The van der Waals surface area contributed by atoms with E-state index in [9.17, 15) is 4.79 Å². The average Bonchev–Trinajstić information content (AvgIpc) is 2.38. The van der Waals surface area contributed by atoms with Crippen LogP contribution in [0.4, 0.5) is 5.69 Å². The van der Waals surface area contributed by atoms with Crippen molar-refractivity contribution in [2.75, 3.05) is 5.32 Å². The highest BCUT2D eigenvalue weighted by molar-refractivity contribution is 9.10. The van der Waals surface area contributed by atoms with Crippen LogP contribution in [-0.4, -0.2) is 5.91 Å². The Hall–Kier alpha value is -1.52. The number of hydrogen-bond donors (Lipinski definition) is 2. The molecule has 0 aliphatic rings. The maximum atomic E-state index is 11.0. The molecular weight excluding hydrogens is 328 g/mol. The number of nitrogens with one attached hydrogen (secondary N) is 1. The van der Waals surface area contributed by atoms with Crippen LogP contribution in [-0.2, 0) is 6.54 Å². The van der Waals surface area contributed by atoms with Crippen molar-refractivity contribution in [3.05, 3.63) is 63.1 Å². The zero-order valence-electron chi connectivity index (χ0n) is 9.99. The molecule has 2 rings (SSSR count). The molecule has 1 amide bonds. The Labute approximate surface area is 124 Å². The lowest BCUT2D eigenvalue weighted by Crippen LogP contribution is -2.10. The number of amides is 1. The van der Waals surface area contributed by atoms with E-state index >= 15 is 0 Å². The van der Waals surface area contributed by atoms with Crippen LogP contribution in [0, 0.1) is 0 Å². The summed E-state index contributed by atoms with van der Waals surface area (Å²) in [6.07, 6.45) is 0. The summed E-state index contributed by atoms with van der Waals surface area (Å²) in [5.74, 6) is -0.424. The molecule has 3 N–H and O–H groups in total. The third kappa shape index (κ3) is 3.72. The number of rotatable bonds is 4. The smallest absolute Gasteiger partial charge is 0.248 e. The molecule has 2 aromatic rings. The maximum Gasteiger partial charge on any atom is 0.248 e. The van der Waals surface area contributed by atoms with Gasteiger partial charge in [-0.2, -0.15) is 0 Å². The second kappa shape index (κ2) is 6.08. The minimum absolute atomic E-state index is 0.424. The Balaban J connectivity index is 2.04. The summed E-state index contributed by atoms with van der Waals surface area (Å²) in [5.41, 5.74) is 7.71. The minimum Gasteiger partial charge on any atom is -0.381 e. The summed E-state index contributed by atoms with van der Waals surface area (Å²) in [7, 11) is 0. The lowest BCUT2D eigenvalue weighted by Gasteiger charge is -2.09. The molecular formula is C14H12BrClN2O. The first-order chi connectivity index (χ1) is 9.06. The number of primary amides is 1. The molecule has 0 aromatic heterocycles. The van der Waals surface area contributed by atoms with E-state index in [4.69, 9.17) is 17.3 Å². The molecule has 0 fully saturated rings. The Morgan fingerprint density at radius 2 is 1.89 bits per heavy atom. The van der Waals surface area contributed by atoms with Gasteiger partial charge in [0.15, 0.2) is 0 Å². The summed E-state index contributed by atoms with van der Waals surface area (Å²) in [6, 6.07) is 12.7. The zero-order valence-corrected chi connectivity index (χ0v) is 12.3. The molecule has 0 heterocycles. The van der Waals surface area contributed by atoms with Crippen LogP contribution in [0.3, 0.4) is 0 Å². The lowest BCUT2D eigenvalue weighted by atomic mass is 10.2. The predicted molar refractivity (Wildman–Crippen MR) is 81.4 cm³/mol. The summed E-state index contributed by atoms with van der Waals surface area (Å²) < 4.78 is 0.959. The highest BCUT2D eigenvalue weighted by Crippen LogP contribution is 2.22. The normalized spacial score (nSPS) is 10.2. The molecule has 5 heteroatoms. The van der Waals surface area contributed by atoms with Gasteiger partial charge >= 0.3 is 0 Å². The van der Waals surface area contributed by atoms with E-state index in [1.54, 1.807) is 12.1 Å². The standard InChI is InChI=1S/C14H12BrClN2O/c15-13-7-11(16)4-1-10(13)8-18-12-5-2-9(3-6-12)14(17)19/h1-7,18H,8H2,(H2,17,19). The molecule has 3 nitrogen and oxygen atoms in total. The van der Waals surface area contributed by atoms with Gasteiger partial charge in [0.1, 0.15) is 0 Å². The van der Waals surface area contributed by atoms with Crippen molar-refractivity contribution in [2.24, 2.45) is 5.73 Å². The van der Waals surface area contributed by atoms with E-state index in [-0.39, 0.29) is 0 Å². The SMILES string of the molecule is NC(=O)c1ccc(NCc2ccc(Cl)cc2Br)cc1. The topological polar surface area (TPSA) is 55.1 Å². The van der Waals surface area contributed by atoms with Crippen LogP contribution in [0.1, 0.15) is 15.9 Å². The largest absolute Gasteiger partial charge is 0.381 e. The fourth-order valence-corrected chi connectivity index (χ4v) is 2.44. The highest BCUT2D eigenvalue weighted by atomic mass is 79.9. The van der Waals surface area contributed by atoms with E-state index in [2.05, 4.69) is 21.2 Å². The van der Waals surface area contributed by atoms with Gasteiger partial charge in [-0.25, -0.2) is 0 Å². The molecule has 0 bridgehead atoms. The second-order valence-corrected chi connectivity index (χ2v) is 5.32. The van der Waals surface area contributed by atoms with Gasteiger partial charge in [0.25, 0.3) is 0 Å². The van der Waals surface area contributed by atoms with Crippen molar-refractivity contribution in [1.82, 2.24) is 0 Å². The first-order valence-corrected chi connectivity index (χ1v) is 6.81. The Morgan fingerprint density at radius 3 is 2.47 bits per heavy atom. The number of anilines is 1. The van der Waals surface area contributed by atoms with E-state index in [0.717, 1.165) is 15.7 Å². The average molecular weight is 340 g/mol. The number of hydrogen-bond acceptors (Lipinski definition) is 2. The second-order valence-electron chi connectivity index (χ2n) is 4.03. The molecule has 0 aliphatic heterocycles. The Morgan fingerprint density at radius 1 is 1.21 bits per heavy atom. The minimum atomic E-state index is -0.424. The van der Waals surface area contributed by atoms with Crippen LogP contribution in [0.25, 0.3) is 0 Å². The fourth-order valence-electron chi connectivity index (χ4n) is 1.61. The van der Waals surface area contributed by atoms with Crippen molar-refractivity contribution in [3.8, 4) is 0 Å². The summed E-state index contributed by atoms with van der Waals surface area (Å²) in [6.45, 7) is 0.660. The van der Waals surface area contributed by atoms with Gasteiger partial charge in [0.05, 0.1) is 0 Å². The van der Waals surface area contributed by atoms with Gasteiger partial charge < -0.3 is 11.1 Å². The van der Waals surface area contributed by atoms with Gasteiger partial charge in [-0.3, -0.25) is 4.79 Å². The van der Waals surface area contributed by atoms with Gasteiger partial charge in [-0.05, 0) is 42.0 Å². The van der Waals surface area contributed by atoms with E-state index in [0.29, 0.717) is 17.1 Å². The van der Waals surface area contributed by atoms with E-state index < -0.39 is 5.91 Å². The monoisotopic (exact) mass is 338 g/mol. The predicted octanol–water partition coefficient (Wildman–Crippen LogP) is 3.81. The summed E-state index contributed by atoms with van der Waals surface area (Å²) in [5, 5.41) is 3.96. The Kier molecular flexibility index (Phi) is 4.45. The van der Waals surface area contributed by atoms with E-state index in [1.807, 2.05) is 30.3 Å². The zero-order chi connectivity index (χ0) is 13.8. The molecule has 0 spiro atoms. The molecule has 98 valence electrons. The Bertz CT molecular complexity index is 599. The molecule has 0 unspecified atom stereocenters. The molecule has 0 saturated carbocycles. The third-order valence-electron chi connectivity index (χ3n) is 2.67. The number of nitrogens with two attached hydrogens (primary N) is 1. The number of benzene rings is 2. The van der Waals surface area contributed by atoms with E-state index in [1.165, 1.54) is 0 Å². The van der Waals surface area contributed by atoms with Crippen LogP contribution >= 0.6 is 27.5 Å². The van der Waals surface area contributed by atoms with Gasteiger partial charge in [-0.15, -0.1) is 0 Å². The van der Waals surface area contributed by atoms with Crippen LogP contribution < -0.4 is 11.1 Å². The van der Waals surface area contributed by atoms with Crippen LogP contribution in [0.2, 0.25) is 5.02 Å². The maximum absolute atomic E-state index is 11.0. The molecule has 0 aliphatic carbocycles. The van der Waals surface area contributed by atoms with Crippen molar-refractivity contribution in [3.63, 3.8) is 0 Å². The van der Waals surface area contributed by atoms with Crippen molar-refractivity contribution in [1.29, 1.82) is 0 Å². The van der Waals surface area contributed by atoms with Crippen molar-refractivity contribution in [2.45, 2.75) is 6.54 Å².